The van der Waals surface area contributed by atoms with Crippen LogP contribution in [0.2, 0.25) is 0 Å². The molecule has 1 heterocycles. The first-order valence-corrected chi connectivity index (χ1v) is 11.1. The number of hydrogen-bond donors (Lipinski definition) is 3. The molecule has 2 aromatic carbocycles. The summed E-state index contributed by atoms with van der Waals surface area (Å²) in [6.45, 7) is 0. The van der Waals surface area contributed by atoms with E-state index in [4.69, 9.17) is 10.5 Å². The molecular formula is C17H17N5O5S2. The van der Waals surface area contributed by atoms with Crippen LogP contribution in [-0.2, 0) is 20.0 Å². The van der Waals surface area contributed by atoms with Crippen molar-refractivity contribution in [2.75, 3.05) is 22.3 Å². The fraction of sp³-hybridized carbons (Fsp3) is 0.0588. The van der Waals surface area contributed by atoms with Gasteiger partial charge in [-0.2, -0.15) is 0 Å². The van der Waals surface area contributed by atoms with Gasteiger partial charge in [-0.3, -0.25) is 9.44 Å². The first-order chi connectivity index (χ1) is 13.7. The molecule has 4 N–H and O–H groups in total. The molecule has 3 rings (SSSR count). The molecule has 0 saturated heterocycles. The fourth-order valence-corrected chi connectivity index (χ4v) is 4.30. The summed E-state index contributed by atoms with van der Waals surface area (Å²) in [6.07, 6.45) is 0. The Kier molecular flexibility index (Phi) is 5.57. The molecule has 0 aliphatic heterocycles. The molecule has 152 valence electrons. The van der Waals surface area contributed by atoms with Gasteiger partial charge in [0.05, 0.1) is 16.9 Å². The van der Waals surface area contributed by atoms with E-state index < -0.39 is 20.0 Å². The SMILES string of the molecule is COc1ccc(NS(=O)(=O)c2ccc(NS(=O)(=O)c3ccc(N)cc3)cc2)nn1. The number of nitrogens with zero attached hydrogens (tertiary/aromatic N) is 2. The highest BCUT2D eigenvalue weighted by atomic mass is 32.2. The third kappa shape index (κ3) is 4.92. The smallest absolute Gasteiger partial charge is 0.263 e. The van der Waals surface area contributed by atoms with E-state index in [9.17, 15) is 16.8 Å². The van der Waals surface area contributed by atoms with Crippen LogP contribution in [-0.4, -0.2) is 34.1 Å². The number of anilines is 3. The maximum absolute atomic E-state index is 12.4. The Morgan fingerprint density at radius 2 is 1.31 bits per heavy atom. The molecular weight excluding hydrogens is 418 g/mol. The Morgan fingerprint density at radius 3 is 1.83 bits per heavy atom. The molecule has 0 aliphatic carbocycles. The highest BCUT2D eigenvalue weighted by Crippen LogP contribution is 2.20. The minimum absolute atomic E-state index is 0.0129. The van der Waals surface area contributed by atoms with E-state index in [0.717, 1.165) is 0 Å². The lowest BCUT2D eigenvalue weighted by Gasteiger charge is -2.10. The first-order valence-electron chi connectivity index (χ1n) is 8.08. The van der Waals surface area contributed by atoms with Crippen molar-refractivity contribution in [2.24, 2.45) is 0 Å². The number of hydrogen-bond acceptors (Lipinski definition) is 8. The number of nitrogens with one attached hydrogen (secondary N) is 2. The number of rotatable bonds is 7. The lowest BCUT2D eigenvalue weighted by Crippen LogP contribution is -2.15. The van der Waals surface area contributed by atoms with Crippen LogP contribution in [0.1, 0.15) is 0 Å². The van der Waals surface area contributed by atoms with Crippen molar-refractivity contribution in [1.29, 1.82) is 0 Å². The van der Waals surface area contributed by atoms with Crippen LogP contribution in [0.5, 0.6) is 5.88 Å². The average Bonchev–Trinajstić information content (AvgIpc) is 2.69. The second-order valence-corrected chi connectivity index (χ2v) is 9.13. The van der Waals surface area contributed by atoms with Gasteiger partial charge in [-0.1, -0.05) is 0 Å². The Labute approximate surface area is 167 Å². The van der Waals surface area contributed by atoms with Crippen molar-refractivity contribution in [3.8, 4) is 5.88 Å². The molecule has 12 heteroatoms. The molecule has 3 aromatic rings. The van der Waals surface area contributed by atoms with Crippen molar-refractivity contribution in [3.05, 3.63) is 60.7 Å². The Bertz CT molecular complexity index is 1190. The van der Waals surface area contributed by atoms with Crippen molar-refractivity contribution >= 4 is 37.2 Å². The molecule has 1 aromatic heterocycles. The molecule has 10 nitrogen and oxygen atoms in total. The van der Waals surface area contributed by atoms with Crippen LogP contribution < -0.4 is 19.9 Å². The number of aromatic nitrogens is 2. The van der Waals surface area contributed by atoms with Crippen LogP contribution in [0.25, 0.3) is 0 Å². The van der Waals surface area contributed by atoms with E-state index in [1.807, 2.05) is 0 Å². The Morgan fingerprint density at radius 1 is 0.759 bits per heavy atom. The largest absolute Gasteiger partial charge is 0.480 e. The molecule has 0 fully saturated rings. The van der Waals surface area contributed by atoms with Crippen LogP contribution in [0.3, 0.4) is 0 Å². The normalized spacial score (nSPS) is 11.6. The van der Waals surface area contributed by atoms with Crippen LogP contribution >= 0.6 is 0 Å². The molecule has 0 amide bonds. The number of ether oxygens (including phenoxy) is 1. The molecule has 0 aliphatic rings. The molecule has 0 unspecified atom stereocenters. The van der Waals surface area contributed by atoms with Gasteiger partial charge in [0.25, 0.3) is 20.0 Å². The number of nitrogen functional groups attached to an aromatic ring is 1. The van der Waals surface area contributed by atoms with E-state index in [-0.39, 0.29) is 27.2 Å². The lowest BCUT2D eigenvalue weighted by atomic mass is 10.3. The zero-order valence-electron chi connectivity index (χ0n) is 15.1. The summed E-state index contributed by atoms with van der Waals surface area (Å²) in [6, 6.07) is 13.7. The number of benzene rings is 2. The monoisotopic (exact) mass is 435 g/mol. The summed E-state index contributed by atoms with van der Waals surface area (Å²) in [4.78, 5) is -0.0475. The van der Waals surface area contributed by atoms with Crippen molar-refractivity contribution in [1.82, 2.24) is 10.2 Å². The Balaban J connectivity index is 1.75. The summed E-state index contributed by atoms with van der Waals surface area (Å²) >= 11 is 0. The maximum Gasteiger partial charge on any atom is 0.263 e. The third-order valence-electron chi connectivity index (χ3n) is 3.70. The van der Waals surface area contributed by atoms with Crippen LogP contribution in [0.15, 0.2) is 70.5 Å². The summed E-state index contributed by atoms with van der Waals surface area (Å²) in [7, 11) is -6.36. The highest BCUT2D eigenvalue weighted by molar-refractivity contribution is 7.93. The first kappa shape index (κ1) is 20.4. The van der Waals surface area contributed by atoms with Crippen molar-refractivity contribution in [2.45, 2.75) is 9.79 Å². The minimum atomic E-state index is -3.93. The lowest BCUT2D eigenvalue weighted by molar-refractivity contribution is 0.392. The van der Waals surface area contributed by atoms with E-state index in [2.05, 4.69) is 19.6 Å². The van der Waals surface area contributed by atoms with Gasteiger partial charge < -0.3 is 10.5 Å². The van der Waals surface area contributed by atoms with Gasteiger partial charge in [0, 0.05) is 17.4 Å². The third-order valence-corrected chi connectivity index (χ3v) is 6.46. The highest BCUT2D eigenvalue weighted by Gasteiger charge is 2.17. The second kappa shape index (κ2) is 7.93. The topological polar surface area (TPSA) is 153 Å². The maximum atomic E-state index is 12.4. The number of sulfonamides is 2. The second-order valence-electron chi connectivity index (χ2n) is 5.77. The summed E-state index contributed by atoms with van der Waals surface area (Å²) < 4.78 is 59.2. The molecule has 0 radical (unpaired) electrons. The van der Waals surface area contributed by atoms with Gasteiger partial charge in [0.2, 0.25) is 5.88 Å². The quantitative estimate of drug-likeness (QED) is 0.474. The summed E-state index contributed by atoms with van der Waals surface area (Å²) in [5, 5.41) is 7.38. The van der Waals surface area contributed by atoms with E-state index in [0.29, 0.717) is 5.69 Å². The predicted molar refractivity (Wildman–Crippen MR) is 107 cm³/mol. The molecule has 0 spiro atoms. The molecule has 0 saturated carbocycles. The molecule has 29 heavy (non-hydrogen) atoms. The van der Waals surface area contributed by atoms with Gasteiger partial charge in [-0.25, -0.2) is 16.8 Å². The zero-order chi connectivity index (χ0) is 21.1. The van der Waals surface area contributed by atoms with Crippen LogP contribution in [0.4, 0.5) is 17.2 Å². The fourth-order valence-electron chi connectivity index (χ4n) is 2.24. The number of nitrogens with two attached hydrogens (primary N) is 1. The Hall–Kier alpha value is -3.38. The zero-order valence-corrected chi connectivity index (χ0v) is 16.7. The van der Waals surface area contributed by atoms with Crippen molar-refractivity contribution < 1.29 is 21.6 Å². The minimum Gasteiger partial charge on any atom is -0.480 e. The van der Waals surface area contributed by atoms with Gasteiger partial charge in [0.1, 0.15) is 0 Å². The predicted octanol–water partition coefficient (Wildman–Crippen LogP) is 1.67. The van der Waals surface area contributed by atoms with Crippen LogP contribution in [0, 0.1) is 0 Å². The van der Waals surface area contributed by atoms with E-state index in [1.54, 1.807) is 0 Å². The summed E-state index contributed by atoms with van der Waals surface area (Å²) in [5.41, 5.74) is 6.19. The number of methoxy groups -OCH3 is 1. The van der Waals surface area contributed by atoms with E-state index >= 15 is 0 Å². The van der Waals surface area contributed by atoms with Gasteiger partial charge >= 0.3 is 0 Å². The molecule has 0 bridgehead atoms. The van der Waals surface area contributed by atoms with Gasteiger partial charge in [-0.15, -0.1) is 10.2 Å². The summed E-state index contributed by atoms with van der Waals surface area (Å²) in [5.74, 6) is 0.254. The van der Waals surface area contributed by atoms with Gasteiger partial charge in [0.15, 0.2) is 5.82 Å². The molecule has 0 atom stereocenters. The average molecular weight is 435 g/mol. The van der Waals surface area contributed by atoms with E-state index in [1.165, 1.54) is 67.8 Å². The van der Waals surface area contributed by atoms with Gasteiger partial charge in [-0.05, 0) is 54.6 Å². The van der Waals surface area contributed by atoms with Crippen molar-refractivity contribution in [3.63, 3.8) is 0 Å². The standard InChI is InChI=1S/C17H17N5O5S2/c1-27-17-11-10-16(19-20-17)22-29(25,26)15-8-4-13(5-9-15)21-28(23,24)14-6-2-12(18)3-7-14/h2-11,21H,18H2,1H3,(H,19,22).